The molecule has 1 unspecified atom stereocenters. The molecule has 1 aliphatic rings. The van der Waals surface area contributed by atoms with Crippen molar-refractivity contribution in [2.75, 3.05) is 35.5 Å². The lowest BCUT2D eigenvalue weighted by molar-refractivity contribution is -0.137. The van der Waals surface area contributed by atoms with Crippen LogP contribution >= 0.6 is 0 Å². The van der Waals surface area contributed by atoms with Gasteiger partial charge in [0.25, 0.3) is 0 Å². The Morgan fingerprint density at radius 1 is 0.736 bits per heavy atom. The predicted octanol–water partition coefficient (Wildman–Crippen LogP) is 5.52. The third-order valence-corrected chi connectivity index (χ3v) is 9.14. The normalized spacial score (nSPS) is 15.3. The number of hydrogen-bond donors (Lipinski definition) is 4. The molecule has 0 bridgehead atoms. The number of carboxylic acids is 2. The number of aliphatic hydroxyl groups excluding tert-OH is 1. The fraction of sp³-hybridized carbons (Fsp3) is 0.359. The first kappa shape index (κ1) is 41.4. The van der Waals surface area contributed by atoms with Crippen molar-refractivity contribution < 1.29 is 58.6 Å². The number of rotatable bonds is 14. The van der Waals surface area contributed by atoms with E-state index in [0.717, 1.165) is 28.8 Å². The number of carboxylic acid groups (broad SMARTS) is 2. The molecular formula is C39H46N2O12. The van der Waals surface area contributed by atoms with E-state index in [0.29, 0.717) is 49.9 Å². The first-order chi connectivity index (χ1) is 25.2. The van der Waals surface area contributed by atoms with Crippen LogP contribution in [0.3, 0.4) is 0 Å². The first-order valence-electron chi connectivity index (χ1n) is 16.7. The van der Waals surface area contributed by atoms with Crippen molar-refractivity contribution in [2.24, 2.45) is 0 Å². The molecule has 1 aromatic heterocycles. The van der Waals surface area contributed by atoms with E-state index in [4.69, 9.17) is 14.2 Å². The third kappa shape index (κ3) is 9.44. The van der Waals surface area contributed by atoms with Crippen molar-refractivity contribution in [2.45, 2.75) is 57.9 Å². The number of aryl methyl sites for hydroxylation is 3. The highest BCUT2D eigenvalue weighted by Gasteiger charge is 2.47. The van der Waals surface area contributed by atoms with E-state index < -0.39 is 46.5 Å². The Morgan fingerprint density at radius 2 is 1.25 bits per heavy atom. The highest BCUT2D eigenvalue weighted by atomic mass is 16.5. The number of aromatic hydroxyl groups is 1. The number of benzene rings is 2. The summed E-state index contributed by atoms with van der Waals surface area (Å²) in [6, 6.07) is 14.9. The molecule has 3 aromatic rings. The number of carbonyl (C=O) groups excluding carboxylic acids is 2. The average Bonchev–Trinajstić information content (AvgIpc) is 3.16. The molecule has 2 aromatic carbocycles. The summed E-state index contributed by atoms with van der Waals surface area (Å²) >= 11 is 0. The van der Waals surface area contributed by atoms with Gasteiger partial charge in [-0.1, -0.05) is 37.6 Å². The second-order valence-corrected chi connectivity index (χ2v) is 12.3. The molecule has 14 nitrogen and oxygen atoms in total. The molecule has 4 rings (SSSR count). The van der Waals surface area contributed by atoms with E-state index >= 15 is 0 Å². The number of aliphatic carboxylic acids is 2. The predicted molar refractivity (Wildman–Crippen MR) is 193 cm³/mol. The number of aromatic nitrogens is 1. The number of allylic oxidation sites excluding steroid dienone is 1. The van der Waals surface area contributed by atoms with Gasteiger partial charge in [0.2, 0.25) is 0 Å². The summed E-state index contributed by atoms with van der Waals surface area (Å²) in [5, 5.41) is 39.9. The second kappa shape index (κ2) is 18.4. The Hall–Kier alpha value is -6.05. The van der Waals surface area contributed by atoms with Crippen LogP contribution in [0.15, 0.2) is 77.3 Å². The summed E-state index contributed by atoms with van der Waals surface area (Å²) in [4.78, 5) is 53.7. The Kier molecular flexibility index (Phi) is 14.4. The van der Waals surface area contributed by atoms with Crippen molar-refractivity contribution >= 4 is 23.9 Å². The molecule has 1 atom stereocenters. The van der Waals surface area contributed by atoms with Gasteiger partial charge in [0.15, 0.2) is 0 Å². The largest absolute Gasteiger partial charge is 0.505 e. The van der Waals surface area contributed by atoms with Gasteiger partial charge in [0, 0.05) is 7.05 Å². The maximum atomic E-state index is 12.1. The minimum Gasteiger partial charge on any atom is -0.505 e. The van der Waals surface area contributed by atoms with E-state index in [1.165, 1.54) is 14.2 Å². The molecule has 4 N–H and O–H groups in total. The van der Waals surface area contributed by atoms with Crippen LogP contribution in [-0.2, 0) is 38.3 Å². The Balaban J connectivity index is 0.000000287. The van der Waals surface area contributed by atoms with E-state index in [9.17, 15) is 39.6 Å². The summed E-state index contributed by atoms with van der Waals surface area (Å²) in [7, 11) is 7.24. The number of hydrogen-bond acceptors (Lipinski definition) is 12. The van der Waals surface area contributed by atoms with Gasteiger partial charge < -0.3 is 44.3 Å². The molecule has 284 valence electrons. The highest BCUT2D eigenvalue weighted by molar-refractivity contribution is 6.06. The van der Waals surface area contributed by atoms with Crippen molar-refractivity contribution in [1.29, 1.82) is 0 Å². The minimum absolute atomic E-state index is 0.0807. The van der Waals surface area contributed by atoms with Gasteiger partial charge >= 0.3 is 23.9 Å². The number of esters is 2. The summed E-state index contributed by atoms with van der Waals surface area (Å²) in [6.45, 7) is 3.63. The summed E-state index contributed by atoms with van der Waals surface area (Å²) < 4.78 is 19.6. The quantitative estimate of drug-likeness (QED) is 0.151. The van der Waals surface area contributed by atoms with Crippen molar-refractivity contribution in [3.05, 3.63) is 105 Å². The van der Waals surface area contributed by atoms with Gasteiger partial charge in [-0.15, -0.1) is 0 Å². The van der Waals surface area contributed by atoms with Crippen LogP contribution in [0.1, 0.15) is 70.6 Å². The zero-order valence-electron chi connectivity index (χ0n) is 30.9. The van der Waals surface area contributed by atoms with E-state index in [2.05, 4.69) is 9.72 Å². The van der Waals surface area contributed by atoms with Crippen LogP contribution in [0.25, 0.3) is 0 Å². The summed E-state index contributed by atoms with van der Waals surface area (Å²) in [6.07, 6.45) is 4.12. The summed E-state index contributed by atoms with van der Waals surface area (Å²) in [5.74, 6) is -3.79. The summed E-state index contributed by atoms with van der Waals surface area (Å²) in [5.41, 5.74) is 0.550. The monoisotopic (exact) mass is 734 g/mol. The zero-order valence-corrected chi connectivity index (χ0v) is 30.9. The average molecular weight is 735 g/mol. The third-order valence-electron chi connectivity index (χ3n) is 9.14. The molecule has 0 radical (unpaired) electrons. The van der Waals surface area contributed by atoms with E-state index in [-0.39, 0.29) is 16.7 Å². The lowest BCUT2D eigenvalue weighted by Crippen LogP contribution is -2.51. The molecule has 0 amide bonds. The number of ether oxygens (including phenoxy) is 4. The topological polar surface area (TPSA) is 202 Å². The first-order valence-corrected chi connectivity index (χ1v) is 16.7. The molecule has 2 heterocycles. The number of likely N-dealkylation sites (N-methyl/N-ethyl adjacent to an activating group) is 1. The van der Waals surface area contributed by atoms with Gasteiger partial charge in [0.05, 0.1) is 62.7 Å². The molecular weight excluding hydrogens is 688 g/mol. The molecule has 53 heavy (non-hydrogen) atoms. The highest BCUT2D eigenvalue weighted by Crippen LogP contribution is 2.42. The molecule has 0 fully saturated rings. The van der Waals surface area contributed by atoms with Gasteiger partial charge in [-0.2, -0.15) is 0 Å². The van der Waals surface area contributed by atoms with E-state index in [1.807, 2.05) is 55.5 Å². The molecule has 0 saturated heterocycles. The fourth-order valence-corrected chi connectivity index (χ4v) is 6.11. The van der Waals surface area contributed by atoms with Crippen LogP contribution in [0.2, 0.25) is 0 Å². The number of aliphatic hydroxyl groups is 1. The van der Waals surface area contributed by atoms with Gasteiger partial charge in [-0.25, -0.2) is 19.2 Å². The zero-order chi connectivity index (χ0) is 39.5. The van der Waals surface area contributed by atoms with Gasteiger partial charge in [0.1, 0.15) is 34.1 Å². The van der Waals surface area contributed by atoms with Gasteiger partial charge in [-0.05, 0) is 74.4 Å². The molecule has 0 saturated carbocycles. The lowest BCUT2D eigenvalue weighted by atomic mass is 9.77. The smallest absolute Gasteiger partial charge is 0.342 e. The SMILES string of the molecule is CCCC1=C(O)C(C(=O)O)=C(C(=O)O)C(C)(CCc2ccc(OC)cc2)N1C.COC(=O)c1c(O)cnc(CCc2ccc(OC)cc2)c1C(=O)OC. The van der Waals surface area contributed by atoms with Crippen LogP contribution in [0.4, 0.5) is 0 Å². The van der Waals surface area contributed by atoms with Crippen molar-refractivity contribution in [3.63, 3.8) is 0 Å². The van der Waals surface area contributed by atoms with Gasteiger partial charge in [-0.3, -0.25) is 4.98 Å². The number of methoxy groups -OCH3 is 4. The van der Waals surface area contributed by atoms with Crippen molar-refractivity contribution in [1.82, 2.24) is 9.88 Å². The van der Waals surface area contributed by atoms with E-state index in [1.54, 1.807) is 33.1 Å². The Labute approximate surface area is 307 Å². The number of nitrogens with zero attached hydrogens (tertiary/aromatic N) is 2. The maximum absolute atomic E-state index is 12.1. The Bertz CT molecular complexity index is 1870. The molecule has 0 spiro atoms. The minimum atomic E-state index is -1.44. The second-order valence-electron chi connectivity index (χ2n) is 12.3. The lowest BCUT2D eigenvalue weighted by Gasteiger charge is -2.46. The van der Waals surface area contributed by atoms with Crippen LogP contribution in [0, 0.1) is 0 Å². The molecule has 14 heteroatoms. The van der Waals surface area contributed by atoms with Crippen molar-refractivity contribution in [3.8, 4) is 17.2 Å². The molecule has 0 aliphatic carbocycles. The molecule has 1 aliphatic heterocycles. The van der Waals surface area contributed by atoms with Crippen LogP contribution < -0.4 is 9.47 Å². The maximum Gasteiger partial charge on any atom is 0.342 e. The Morgan fingerprint density at radius 3 is 1.70 bits per heavy atom. The van der Waals surface area contributed by atoms with Crippen LogP contribution in [-0.4, -0.2) is 95.2 Å². The number of pyridine rings is 1. The number of carbonyl (C=O) groups is 4. The van der Waals surface area contributed by atoms with Crippen LogP contribution in [0.5, 0.6) is 17.2 Å². The standard InChI is InChI=1S/C21H27NO6.C18H19NO6/c1-5-6-15-18(23)16(19(24)25)17(20(26)27)21(2,22(15)3)12-11-13-7-9-14(28-4)10-8-13;1-23-12-7-4-11(5-8-12)6-9-13-15(17(21)24-2)16(18(22)25-3)14(20)10-19-13/h7-10,23H,5-6,11-12H2,1-4H3,(H,24,25)(H,26,27);4-5,7-8,10,20H,6,9H2,1-3H3. The fourth-order valence-electron chi connectivity index (χ4n) is 6.11.